The number of rotatable bonds is 4. The van der Waals surface area contributed by atoms with Crippen molar-refractivity contribution in [2.45, 2.75) is 17.9 Å². The molecule has 0 radical (unpaired) electrons. The minimum Gasteiger partial charge on any atom is -0.468 e. The molecule has 0 saturated carbocycles. The van der Waals surface area contributed by atoms with Crippen LogP contribution < -0.4 is 4.72 Å². The lowest BCUT2D eigenvalue weighted by atomic mass is 10.4. The first-order valence-electron chi connectivity index (χ1n) is 4.73. The summed E-state index contributed by atoms with van der Waals surface area (Å²) in [6.07, 6.45) is 0. The van der Waals surface area contributed by atoms with Crippen molar-refractivity contribution in [3.8, 4) is 0 Å². The van der Waals surface area contributed by atoms with Gasteiger partial charge in [-0.15, -0.1) is 0 Å². The predicted octanol–water partition coefficient (Wildman–Crippen LogP) is 1.18. The summed E-state index contributed by atoms with van der Waals surface area (Å²) in [6, 6.07) is 5.00. The molecule has 0 saturated heterocycles. The monoisotopic (exact) mass is 277 g/mol. The minimum atomic E-state index is -3.83. The smallest absolute Gasteiger partial charge is 0.323 e. The molecule has 0 amide bonds. The molecule has 1 rings (SSSR count). The van der Waals surface area contributed by atoms with E-state index in [0.717, 1.165) is 0 Å². The summed E-state index contributed by atoms with van der Waals surface area (Å²) in [5.41, 5.74) is 0. The molecule has 0 bridgehead atoms. The Balaban J connectivity index is 2.98. The molecule has 1 aromatic rings. The van der Waals surface area contributed by atoms with E-state index in [2.05, 4.69) is 9.46 Å². The molecule has 94 valence electrons. The van der Waals surface area contributed by atoms with Crippen molar-refractivity contribution in [2.75, 3.05) is 7.11 Å². The molecule has 0 heterocycles. The average Bonchev–Trinajstić information content (AvgIpc) is 2.27. The molecule has 0 spiro atoms. The van der Waals surface area contributed by atoms with Gasteiger partial charge in [0.1, 0.15) is 10.9 Å². The second-order valence-electron chi connectivity index (χ2n) is 3.30. The Kier molecular flexibility index (Phi) is 4.50. The lowest BCUT2D eigenvalue weighted by Gasteiger charge is -2.12. The second kappa shape index (κ2) is 5.48. The van der Waals surface area contributed by atoms with Gasteiger partial charge < -0.3 is 4.74 Å². The summed E-state index contributed by atoms with van der Waals surface area (Å²) in [5, 5.41) is 0.0945. The molecule has 0 aliphatic heterocycles. The van der Waals surface area contributed by atoms with Gasteiger partial charge in [0.2, 0.25) is 10.0 Å². The van der Waals surface area contributed by atoms with Gasteiger partial charge in [-0.25, -0.2) is 8.42 Å². The molecule has 5 nitrogen and oxygen atoms in total. The van der Waals surface area contributed by atoms with Crippen LogP contribution in [0.1, 0.15) is 6.92 Å². The van der Waals surface area contributed by atoms with Crippen LogP contribution in [0.5, 0.6) is 0 Å². The fourth-order valence-electron chi connectivity index (χ4n) is 1.18. The highest BCUT2D eigenvalue weighted by atomic mass is 35.5. The quantitative estimate of drug-likeness (QED) is 0.839. The fourth-order valence-corrected chi connectivity index (χ4v) is 2.90. The summed E-state index contributed by atoms with van der Waals surface area (Å²) in [7, 11) is -2.64. The van der Waals surface area contributed by atoms with Crippen LogP contribution in [0, 0.1) is 0 Å². The van der Waals surface area contributed by atoms with Crippen LogP contribution in [0.15, 0.2) is 29.2 Å². The van der Waals surface area contributed by atoms with Crippen molar-refractivity contribution < 1.29 is 17.9 Å². The fraction of sp³-hybridized carbons (Fsp3) is 0.300. The predicted molar refractivity (Wildman–Crippen MR) is 63.3 cm³/mol. The van der Waals surface area contributed by atoms with Crippen LogP contribution in [-0.4, -0.2) is 27.5 Å². The first-order valence-corrected chi connectivity index (χ1v) is 6.59. The maximum Gasteiger partial charge on any atom is 0.323 e. The molecule has 1 atom stereocenters. The highest BCUT2D eigenvalue weighted by molar-refractivity contribution is 7.89. The van der Waals surface area contributed by atoms with Crippen molar-refractivity contribution in [1.82, 2.24) is 4.72 Å². The van der Waals surface area contributed by atoms with E-state index < -0.39 is 22.0 Å². The highest BCUT2D eigenvalue weighted by Crippen LogP contribution is 2.20. The molecule has 0 fully saturated rings. The first-order chi connectivity index (χ1) is 7.88. The third-order valence-corrected chi connectivity index (χ3v) is 4.05. The van der Waals surface area contributed by atoms with E-state index in [0.29, 0.717) is 0 Å². The number of ether oxygens (including phenoxy) is 1. The van der Waals surface area contributed by atoms with E-state index in [9.17, 15) is 13.2 Å². The minimum absolute atomic E-state index is 0.0718. The number of methoxy groups -OCH3 is 1. The van der Waals surface area contributed by atoms with Crippen LogP contribution in [0.2, 0.25) is 5.02 Å². The summed E-state index contributed by atoms with van der Waals surface area (Å²) in [4.78, 5) is 11.1. The van der Waals surface area contributed by atoms with Gasteiger partial charge in [0, 0.05) is 0 Å². The van der Waals surface area contributed by atoms with E-state index in [1.165, 1.54) is 26.2 Å². The molecule has 1 unspecified atom stereocenters. The lowest BCUT2D eigenvalue weighted by Crippen LogP contribution is -2.39. The zero-order valence-electron chi connectivity index (χ0n) is 9.31. The maximum atomic E-state index is 11.9. The molecule has 1 N–H and O–H groups in total. The summed E-state index contributed by atoms with van der Waals surface area (Å²) < 4.78 is 30.4. The zero-order valence-corrected chi connectivity index (χ0v) is 10.9. The van der Waals surface area contributed by atoms with Gasteiger partial charge in [-0.05, 0) is 19.1 Å². The largest absolute Gasteiger partial charge is 0.468 e. The Hall–Kier alpha value is -1.11. The Bertz CT molecular complexity index is 515. The van der Waals surface area contributed by atoms with Gasteiger partial charge >= 0.3 is 5.97 Å². The van der Waals surface area contributed by atoms with Gasteiger partial charge in [-0.1, -0.05) is 23.7 Å². The van der Waals surface area contributed by atoms with E-state index in [4.69, 9.17) is 11.6 Å². The molecule has 0 aliphatic rings. The maximum absolute atomic E-state index is 11.9. The van der Waals surface area contributed by atoms with Crippen molar-refractivity contribution in [3.05, 3.63) is 29.3 Å². The highest BCUT2D eigenvalue weighted by Gasteiger charge is 2.23. The Morgan fingerprint density at radius 2 is 2.00 bits per heavy atom. The van der Waals surface area contributed by atoms with Gasteiger partial charge in [0.05, 0.1) is 12.1 Å². The van der Waals surface area contributed by atoms with Gasteiger partial charge in [0.25, 0.3) is 0 Å². The second-order valence-corrected chi connectivity index (χ2v) is 5.39. The standard InChI is InChI=1S/C10H12ClNO4S/c1-7(10(13)16-2)12-17(14,15)9-6-4-3-5-8(9)11/h3-7,12H,1-2H3. The first kappa shape index (κ1) is 14.0. The summed E-state index contributed by atoms with van der Waals surface area (Å²) in [6.45, 7) is 1.39. The number of benzene rings is 1. The molecular weight excluding hydrogens is 266 g/mol. The zero-order chi connectivity index (χ0) is 13.1. The van der Waals surface area contributed by atoms with Crippen LogP contribution in [0.4, 0.5) is 0 Å². The molecule has 0 aromatic heterocycles. The molecule has 0 aliphatic carbocycles. The van der Waals surface area contributed by atoms with Gasteiger partial charge in [0.15, 0.2) is 0 Å². The topological polar surface area (TPSA) is 72.5 Å². The number of carbonyl (C=O) groups excluding carboxylic acids is 1. The number of esters is 1. The van der Waals surface area contributed by atoms with Crippen LogP contribution in [0.25, 0.3) is 0 Å². The number of carbonyl (C=O) groups is 1. The third kappa shape index (κ3) is 3.42. The van der Waals surface area contributed by atoms with Gasteiger partial charge in [-0.3, -0.25) is 4.79 Å². The molecule has 1 aromatic carbocycles. The van der Waals surface area contributed by atoms with E-state index >= 15 is 0 Å². The number of hydrogen-bond acceptors (Lipinski definition) is 4. The number of hydrogen-bond donors (Lipinski definition) is 1. The van der Waals surface area contributed by atoms with Gasteiger partial charge in [-0.2, -0.15) is 4.72 Å². The molecule has 7 heteroatoms. The Labute approximate surface area is 105 Å². The molecular formula is C10H12ClNO4S. The number of halogens is 1. The third-order valence-electron chi connectivity index (χ3n) is 2.01. The van der Waals surface area contributed by atoms with Crippen molar-refractivity contribution in [3.63, 3.8) is 0 Å². The van der Waals surface area contributed by atoms with Crippen LogP contribution in [0.3, 0.4) is 0 Å². The van der Waals surface area contributed by atoms with Crippen LogP contribution >= 0.6 is 11.6 Å². The number of nitrogens with one attached hydrogen (secondary N) is 1. The van der Waals surface area contributed by atoms with Crippen molar-refractivity contribution in [2.24, 2.45) is 0 Å². The van der Waals surface area contributed by atoms with E-state index in [1.807, 2.05) is 0 Å². The van der Waals surface area contributed by atoms with Crippen molar-refractivity contribution >= 4 is 27.6 Å². The summed E-state index contributed by atoms with van der Waals surface area (Å²) in [5.74, 6) is -0.666. The normalized spacial score (nSPS) is 13.1. The van der Waals surface area contributed by atoms with E-state index in [1.54, 1.807) is 12.1 Å². The SMILES string of the molecule is COC(=O)C(C)NS(=O)(=O)c1ccccc1Cl. The number of sulfonamides is 1. The summed E-state index contributed by atoms with van der Waals surface area (Å²) >= 11 is 5.77. The lowest BCUT2D eigenvalue weighted by molar-refractivity contribution is -0.142. The average molecular weight is 278 g/mol. The van der Waals surface area contributed by atoms with E-state index in [-0.39, 0.29) is 9.92 Å². The Morgan fingerprint density at radius 3 is 2.53 bits per heavy atom. The Morgan fingerprint density at radius 1 is 1.41 bits per heavy atom. The molecule has 17 heavy (non-hydrogen) atoms. The van der Waals surface area contributed by atoms with Crippen molar-refractivity contribution in [1.29, 1.82) is 0 Å². The van der Waals surface area contributed by atoms with Crippen LogP contribution in [-0.2, 0) is 19.6 Å².